The number of likely N-dealkylation sites (tertiary alicyclic amines) is 1. The van der Waals surface area contributed by atoms with Crippen LogP contribution >= 0.6 is 0 Å². The second-order valence-electron chi connectivity index (χ2n) is 10.1. The summed E-state index contributed by atoms with van der Waals surface area (Å²) in [5.41, 5.74) is 8.58. The first-order chi connectivity index (χ1) is 20.9. The number of carbonyl (C=O) groups is 3. The molecule has 1 saturated heterocycles. The van der Waals surface area contributed by atoms with E-state index in [2.05, 4.69) is 11.4 Å². The Hall–Kier alpha value is -5.62. The highest BCUT2D eigenvalue weighted by atomic mass is 16.5. The van der Waals surface area contributed by atoms with E-state index >= 15 is 0 Å². The fraction of sp³-hybridized carbons (Fsp3) is 0.176. The number of ketones is 1. The molecule has 1 heterocycles. The van der Waals surface area contributed by atoms with Crippen LogP contribution in [0.1, 0.15) is 39.0 Å². The van der Waals surface area contributed by atoms with Gasteiger partial charge in [-0.05, 0) is 47.5 Å². The Morgan fingerprint density at radius 2 is 1.44 bits per heavy atom. The molecule has 0 radical (unpaired) electrons. The van der Waals surface area contributed by atoms with Crippen LogP contribution < -0.4 is 20.5 Å². The maximum atomic E-state index is 14.5. The summed E-state index contributed by atoms with van der Waals surface area (Å²) in [5.74, 6) is -2.00. The molecule has 0 aromatic heterocycles. The molecule has 3 N–H and O–H groups in total. The Morgan fingerprint density at radius 3 is 2.02 bits per heavy atom. The predicted molar refractivity (Wildman–Crippen MR) is 161 cm³/mol. The van der Waals surface area contributed by atoms with E-state index in [1.807, 2.05) is 36.4 Å². The summed E-state index contributed by atoms with van der Waals surface area (Å²) in [7, 11) is 3.01. The standard InChI is InChI=1S/C34H30N4O5/c1-42-26-18-17-24(19-27(26)43-2)28-29(32(39)23-15-13-21(20-35)14-16-23)30(22-9-5-3-6-10-22)38(31(28)33(36)40)34(41)37-25-11-7-4-8-12-25/h3-19,28-31H,1-2H3,(H2,36,40)(H,37,41). The van der Waals surface area contributed by atoms with E-state index in [0.717, 1.165) is 0 Å². The Labute approximate surface area is 249 Å². The molecule has 4 atom stereocenters. The minimum atomic E-state index is -1.21. The molecule has 4 aromatic rings. The van der Waals surface area contributed by atoms with Gasteiger partial charge in [0.1, 0.15) is 6.04 Å². The van der Waals surface area contributed by atoms with E-state index in [1.165, 1.54) is 19.1 Å². The van der Waals surface area contributed by atoms with Gasteiger partial charge in [-0.15, -0.1) is 0 Å². The zero-order valence-corrected chi connectivity index (χ0v) is 23.6. The van der Waals surface area contributed by atoms with Crippen molar-refractivity contribution in [3.05, 3.63) is 125 Å². The first kappa shape index (κ1) is 28.9. The second kappa shape index (κ2) is 12.5. The van der Waals surface area contributed by atoms with Crippen LogP contribution in [-0.2, 0) is 4.79 Å². The molecule has 1 aliphatic rings. The van der Waals surface area contributed by atoms with Gasteiger partial charge in [-0.2, -0.15) is 5.26 Å². The van der Waals surface area contributed by atoms with Gasteiger partial charge < -0.3 is 25.4 Å². The number of amides is 3. The summed E-state index contributed by atoms with van der Waals surface area (Å²) in [6.45, 7) is 0. The van der Waals surface area contributed by atoms with Gasteiger partial charge in [0.05, 0.1) is 37.8 Å². The van der Waals surface area contributed by atoms with Gasteiger partial charge >= 0.3 is 6.03 Å². The van der Waals surface area contributed by atoms with Crippen molar-refractivity contribution in [1.82, 2.24) is 4.90 Å². The van der Waals surface area contributed by atoms with Crippen LogP contribution in [0, 0.1) is 17.2 Å². The smallest absolute Gasteiger partial charge is 0.323 e. The number of nitrogens with zero attached hydrogens (tertiary/aromatic N) is 2. The van der Waals surface area contributed by atoms with Crippen LogP contribution in [0.2, 0.25) is 0 Å². The summed E-state index contributed by atoms with van der Waals surface area (Å²) < 4.78 is 11.0. The molecule has 43 heavy (non-hydrogen) atoms. The molecule has 1 fully saturated rings. The molecular weight excluding hydrogens is 544 g/mol. The SMILES string of the molecule is COc1ccc(C2C(C(=O)c3ccc(C#N)cc3)C(c3ccccc3)N(C(=O)Nc3ccccc3)C2C(N)=O)cc1OC. The van der Waals surface area contributed by atoms with Crippen molar-refractivity contribution in [1.29, 1.82) is 5.26 Å². The highest BCUT2D eigenvalue weighted by molar-refractivity contribution is 6.03. The quantitative estimate of drug-likeness (QED) is 0.274. The van der Waals surface area contributed by atoms with Crippen LogP contribution in [0.15, 0.2) is 103 Å². The lowest BCUT2D eigenvalue weighted by Gasteiger charge is -2.31. The minimum Gasteiger partial charge on any atom is -0.493 e. The van der Waals surface area contributed by atoms with Crippen LogP contribution in [0.5, 0.6) is 11.5 Å². The summed E-state index contributed by atoms with van der Waals surface area (Å²) >= 11 is 0. The maximum absolute atomic E-state index is 14.5. The molecule has 5 rings (SSSR count). The average Bonchev–Trinajstić information content (AvgIpc) is 3.42. The molecule has 3 amide bonds. The Balaban J connectivity index is 1.74. The number of nitrogens with one attached hydrogen (secondary N) is 1. The van der Waals surface area contributed by atoms with Gasteiger partial charge in [-0.3, -0.25) is 9.59 Å². The number of carbonyl (C=O) groups excluding carboxylic acids is 3. The number of anilines is 1. The Kier molecular flexibility index (Phi) is 8.39. The second-order valence-corrected chi connectivity index (χ2v) is 10.1. The molecule has 0 spiro atoms. The fourth-order valence-electron chi connectivity index (χ4n) is 5.86. The van der Waals surface area contributed by atoms with Gasteiger partial charge in [-0.1, -0.05) is 66.7 Å². The van der Waals surface area contributed by atoms with E-state index < -0.39 is 35.9 Å². The molecule has 0 aliphatic carbocycles. The topological polar surface area (TPSA) is 135 Å². The lowest BCUT2D eigenvalue weighted by molar-refractivity contribution is -0.122. The van der Waals surface area contributed by atoms with Crippen molar-refractivity contribution >= 4 is 23.4 Å². The number of nitrogens with two attached hydrogens (primary N) is 1. The summed E-state index contributed by atoms with van der Waals surface area (Å²) in [6, 6.07) is 28.8. The van der Waals surface area contributed by atoms with Crippen molar-refractivity contribution < 1.29 is 23.9 Å². The van der Waals surface area contributed by atoms with Crippen molar-refractivity contribution in [2.75, 3.05) is 19.5 Å². The number of benzene rings is 4. The van der Waals surface area contributed by atoms with Gasteiger partial charge in [0.25, 0.3) is 0 Å². The number of urea groups is 1. The number of primary amides is 1. The van der Waals surface area contributed by atoms with Crippen LogP contribution in [0.3, 0.4) is 0 Å². The Morgan fingerprint density at radius 1 is 0.814 bits per heavy atom. The van der Waals surface area contributed by atoms with E-state index in [-0.39, 0.29) is 5.78 Å². The van der Waals surface area contributed by atoms with E-state index in [4.69, 9.17) is 15.2 Å². The summed E-state index contributed by atoms with van der Waals surface area (Å²) in [5, 5.41) is 12.2. The van der Waals surface area contributed by atoms with Gasteiger partial charge in [0.2, 0.25) is 5.91 Å². The number of ether oxygens (including phenoxy) is 2. The highest BCUT2D eigenvalue weighted by Crippen LogP contribution is 2.52. The summed E-state index contributed by atoms with van der Waals surface area (Å²) in [4.78, 5) is 43.4. The number of methoxy groups -OCH3 is 2. The summed E-state index contributed by atoms with van der Waals surface area (Å²) in [6.07, 6.45) is 0. The van der Waals surface area contributed by atoms with E-state index in [1.54, 1.807) is 66.7 Å². The first-order valence-electron chi connectivity index (χ1n) is 13.6. The van der Waals surface area contributed by atoms with E-state index in [9.17, 15) is 19.6 Å². The third kappa shape index (κ3) is 5.63. The zero-order chi connectivity index (χ0) is 30.5. The van der Waals surface area contributed by atoms with Gasteiger partial charge in [-0.25, -0.2) is 4.79 Å². The lowest BCUT2D eigenvalue weighted by Crippen LogP contribution is -2.48. The predicted octanol–water partition coefficient (Wildman–Crippen LogP) is 5.30. The van der Waals surface area contributed by atoms with Crippen LogP contribution in [-0.4, -0.2) is 42.9 Å². The molecule has 9 nitrogen and oxygen atoms in total. The minimum absolute atomic E-state index is 0.306. The number of hydrogen-bond acceptors (Lipinski definition) is 6. The number of nitriles is 1. The van der Waals surface area contributed by atoms with Crippen LogP contribution in [0.4, 0.5) is 10.5 Å². The third-order valence-electron chi connectivity index (χ3n) is 7.75. The molecule has 0 saturated carbocycles. The molecular formula is C34H30N4O5. The van der Waals surface area contributed by atoms with Crippen molar-refractivity contribution in [3.8, 4) is 17.6 Å². The van der Waals surface area contributed by atoms with Crippen molar-refractivity contribution in [2.45, 2.75) is 18.0 Å². The number of para-hydroxylation sites is 1. The lowest BCUT2D eigenvalue weighted by atomic mass is 9.76. The largest absolute Gasteiger partial charge is 0.493 e. The maximum Gasteiger partial charge on any atom is 0.323 e. The molecule has 1 aliphatic heterocycles. The first-order valence-corrected chi connectivity index (χ1v) is 13.6. The Bertz CT molecular complexity index is 1670. The van der Waals surface area contributed by atoms with Crippen molar-refractivity contribution in [3.63, 3.8) is 0 Å². The fourth-order valence-corrected chi connectivity index (χ4v) is 5.86. The number of hydrogen-bond donors (Lipinski definition) is 2. The number of Topliss-reactive ketones (excluding diaryl/α,β-unsaturated/α-hetero) is 1. The molecule has 9 heteroatoms. The van der Waals surface area contributed by atoms with Gasteiger partial charge in [0.15, 0.2) is 17.3 Å². The highest BCUT2D eigenvalue weighted by Gasteiger charge is 2.57. The number of rotatable bonds is 8. The van der Waals surface area contributed by atoms with Crippen LogP contribution in [0.25, 0.3) is 0 Å². The average molecular weight is 575 g/mol. The third-order valence-corrected chi connectivity index (χ3v) is 7.75. The molecule has 4 unspecified atom stereocenters. The monoisotopic (exact) mass is 574 g/mol. The normalized spacial score (nSPS) is 19.2. The van der Waals surface area contributed by atoms with E-state index in [0.29, 0.717) is 39.4 Å². The van der Waals surface area contributed by atoms with Gasteiger partial charge in [0, 0.05) is 17.2 Å². The van der Waals surface area contributed by atoms with Crippen molar-refractivity contribution in [2.24, 2.45) is 11.7 Å². The zero-order valence-electron chi connectivity index (χ0n) is 23.6. The molecule has 216 valence electrons. The molecule has 4 aromatic carbocycles. The molecule has 0 bridgehead atoms.